The van der Waals surface area contributed by atoms with E-state index in [0.29, 0.717) is 5.13 Å². The zero-order chi connectivity index (χ0) is 17.6. The van der Waals surface area contributed by atoms with Crippen LogP contribution in [0.2, 0.25) is 0 Å². The summed E-state index contributed by atoms with van der Waals surface area (Å²) in [5.41, 5.74) is 2.58. The molecule has 1 atom stereocenters. The number of amides is 1. The quantitative estimate of drug-likeness (QED) is 0.448. The van der Waals surface area contributed by atoms with E-state index in [2.05, 4.69) is 28.2 Å². The van der Waals surface area contributed by atoms with Crippen LogP contribution in [0, 0.1) is 0 Å². The van der Waals surface area contributed by atoms with Gasteiger partial charge in [-0.2, -0.15) is 0 Å². The van der Waals surface area contributed by atoms with Crippen LogP contribution in [0.1, 0.15) is 30.9 Å². The van der Waals surface area contributed by atoms with Crippen LogP contribution >= 0.6 is 23.1 Å². The highest BCUT2D eigenvalue weighted by molar-refractivity contribution is 8.01. The number of aromatic nitrogens is 2. The fraction of sp³-hybridized carbons (Fsp3) is 0.389. The molecule has 1 aromatic heterocycles. The molecule has 1 heterocycles. The van der Waals surface area contributed by atoms with Crippen LogP contribution in [0.5, 0.6) is 5.75 Å². The van der Waals surface area contributed by atoms with E-state index in [9.17, 15) is 4.79 Å². The highest BCUT2D eigenvalue weighted by Crippen LogP contribution is 2.30. The number of hydrogen-bond acceptors (Lipinski definition) is 6. The SMILES string of the molecule is C=CCSc1nnc(NC(=O)[C@H](C)Oc2cccc3c2CCCC3)s1. The van der Waals surface area contributed by atoms with E-state index in [1.807, 2.05) is 12.1 Å². The zero-order valence-corrected chi connectivity index (χ0v) is 15.8. The topological polar surface area (TPSA) is 64.1 Å². The number of anilines is 1. The van der Waals surface area contributed by atoms with Crippen molar-refractivity contribution in [2.75, 3.05) is 11.1 Å². The van der Waals surface area contributed by atoms with Crippen LogP contribution in [-0.2, 0) is 17.6 Å². The Morgan fingerprint density at radius 1 is 1.44 bits per heavy atom. The first-order valence-corrected chi connectivity index (χ1v) is 10.1. The number of nitrogens with zero attached hydrogens (tertiary/aromatic N) is 2. The van der Waals surface area contributed by atoms with E-state index in [0.717, 1.165) is 28.7 Å². The van der Waals surface area contributed by atoms with Crippen molar-refractivity contribution in [3.63, 3.8) is 0 Å². The van der Waals surface area contributed by atoms with Gasteiger partial charge in [0, 0.05) is 5.75 Å². The molecule has 1 N–H and O–H groups in total. The number of nitrogens with one attached hydrogen (secondary N) is 1. The number of aryl methyl sites for hydroxylation is 1. The number of hydrogen-bond donors (Lipinski definition) is 1. The van der Waals surface area contributed by atoms with Crippen LogP contribution in [-0.4, -0.2) is 28.0 Å². The van der Waals surface area contributed by atoms with Gasteiger partial charge in [0.25, 0.3) is 5.91 Å². The van der Waals surface area contributed by atoms with Crippen molar-refractivity contribution in [1.29, 1.82) is 0 Å². The van der Waals surface area contributed by atoms with E-state index < -0.39 is 6.10 Å². The molecule has 0 spiro atoms. The summed E-state index contributed by atoms with van der Waals surface area (Å²) in [7, 11) is 0. The second kappa shape index (κ2) is 8.49. The second-order valence-electron chi connectivity index (χ2n) is 5.82. The van der Waals surface area contributed by atoms with Crippen molar-refractivity contribution in [1.82, 2.24) is 10.2 Å². The van der Waals surface area contributed by atoms with Crippen molar-refractivity contribution >= 4 is 34.1 Å². The van der Waals surface area contributed by atoms with Crippen LogP contribution in [0.25, 0.3) is 0 Å². The first kappa shape index (κ1) is 17.9. The third-order valence-electron chi connectivity index (χ3n) is 3.99. The summed E-state index contributed by atoms with van der Waals surface area (Å²) in [5, 5.41) is 11.3. The van der Waals surface area contributed by atoms with Crippen molar-refractivity contribution in [3.05, 3.63) is 42.0 Å². The lowest BCUT2D eigenvalue weighted by atomic mass is 9.91. The monoisotopic (exact) mass is 375 g/mol. The minimum Gasteiger partial charge on any atom is -0.481 e. The van der Waals surface area contributed by atoms with Gasteiger partial charge in [-0.25, -0.2) is 0 Å². The number of thioether (sulfide) groups is 1. The molecular weight excluding hydrogens is 354 g/mol. The van der Waals surface area contributed by atoms with Crippen LogP contribution in [0.4, 0.5) is 5.13 Å². The van der Waals surface area contributed by atoms with Crippen molar-refractivity contribution < 1.29 is 9.53 Å². The van der Waals surface area contributed by atoms with Gasteiger partial charge in [0.15, 0.2) is 10.4 Å². The van der Waals surface area contributed by atoms with E-state index in [4.69, 9.17) is 4.74 Å². The first-order valence-electron chi connectivity index (χ1n) is 8.33. The Hall–Kier alpha value is -1.86. The molecule has 3 rings (SSSR count). The van der Waals surface area contributed by atoms with Crippen LogP contribution in [0.3, 0.4) is 0 Å². The zero-order valence-electron chi connectivity index (χ0n) is 14.2. The largest absolute Gasteiger partial charge is 0.481 e. The highest BCUT2D eigenvalue weighted by Gasteiger charge is 2.20. The number of carbonyl (C=O) groups excluding carboxylic acids is 1. The Morgan fingerprint density at radius 3 is 3.12 bits per heavy atom. The van der Waals surface area contributed by atoms with Crippen LogP contribution in [0.15, 0.2) is 35.2 Å². The molecule has 2 aromatic rings. The lowest BCUT2D eigenvalue weighted by Gasteiger charge is -2.21. The summed E-state index contributed by atoms with van der Waals surface area (Å²) >= 11 is 2.89. The summed E-state index contributed by atoms with van der Waals surface area (Å²) in [6.45, 7) is 5.43. The first-order chi connectivity index (χ1) is 12.2. The molecule has 0 fully saturated rings. The maximum Gasteiger partial charge on any atom is 0.266 e. The van der Waals surface area contributed by atoms with Crippen molar-refractivity contribution in [3.8, 4) is 5.75 Å². The van der Waals surface area contributed by atoms with E-state index in [1.165, 1.54) is 47.1 Å². The summed E-state index contributed by atoms with van der Waals surface area (Å²) in [6.07, 6.45) is 5.70. The number of rotatable bonds is 7. The Kier molecular flexibility index (Phi) is 6.09. The highest BCUT2D eigenvalue weighted by atomic mass is 32.2. The van der Waals surface area contributed by atoms with Gasteiger partial charge >= 0.3 is 0 Å². The molecule has 132 valence electrons. The minimum atomic E-state index is -0.596. The van der Waals surface area contributed by atoms with E-state index in [1.54, 1.807) is 13.0 Å². The van der Waals surface area contributed by atoms with E-state index >= 15 is 0 Å². The summed E-state index contributed by atoms with van der Waals surface area (Å²) in [4.78, 5) is 12.4. The Morgan fingerprint density at radius 2 is 2.28 bits per heavy atom. The lowest BCUT2D eigenvalue weighted by Crippen LogP contribution is -2.30. The van der Waals surface area contributed by atoms with E-state index in [-0.39, 0.29) is 5.91 Å². The van der Waals surface area contributed by atoms with Gasteiger partial charge in [0.1, 0.15) is 5.75 Å². The Bertz CT molecular complexity index is 761. The normalized spacial score (nSPS) is 14.4. The third kappa shape index (κ3) is 4.61. The Labute approximate surface area is 155 Å². The number of ether oxygens (including phenoxy) is 1. The fourth-order valence-corrected chi connectivity index (χ4v) is 4.27. The number of carbonyl (C=O) groups is 1. The predicted octanol–water partition coefficient (Wildman–Crippen LogP) is 4.10. The molecule has 5 nitrogen and oxygen atoms in total. The maximum atomic E-state index is 12.4. The maximum absolute atomic E-state index is 12.4. The van der Waals surface area contributed by atoms with Gasteiger partial charge in [-0.05, 0) is 49.8 Å². The van der Waals surface area contributed by atoms with Gasteiger partial charge in [-0.3, -0.25) is 10.1 Å². The van der Waals surface area contributed by atoms with Gasteiger partial charge in [0.2, 0.25) is 5.13 Å². The molecule has 7 heteroatoms. The average molecular weight is 376 g/mol. The molecule has 0 saturated heterocycles. The second-order valence-corrected chi connectivity index (χ2v) is 8.07. The molecule has 1 aromatic carbocycles. The summed E-state index contributed by atoms with van der Waals surface area (Å²) in [5.74, 6) is 1.37. The molecule has 1 amide bonds. The molecule has 0 unspecified atom stereocenters. The summed E-state index contributed by atoms with van der Waals surface area (Å²) < 4.78 is 6.75. The molecule has 0 saturated carbocycles. The predicted molar refractivity (Wildman–Crippen MR) is 103 cm³/mol. The molecule has 0 bridgehead atoms. The fourth-order valence-electron chi connectivity index (χ4n) is 2.76. The van der Waals surface area contributed by atoms with Gasteiger partial charge in [0.05, 0.1) is 0 Å². The summed E-state index contributed by atoms with van der Waals surface area (Å²) in [6, 6.07) is 6.09. The molecule has 1 aliphatic rings. The molecule has 0 aliphatic heterocycles. The molecule has 0 radical (unpaired) electrons. The van der Waals surface area contributed by atoms with Crippen molar-refractivity contribution in [2.24, 2.45) is 0 Å². The minimum absolute atomic E-state index is 0.218. The van der Waals surface area contributed by atoms with Crippen LogP contribution < -0.4 is 10.1 Å². The van der Waals surface area contributed by atoms with Crippen molar-refractivity contribution in [2.45, 2.75) is 43.1 Å². The Balaban J connectivity index is 1.61. The van der Waals surface area contributed by atoms with Gasteiger partial charge < -0.3 is 4.74 Å². The molecular formula is C18H21N3O2S2. The van der Waals surface area contributed by atoms with Gasteiger partial charge in [-0.15, -0.1) is 16.8 Å². The lowest BCUT2D eigenvalue weighted by molar-refractivity contribution is -0.122. The third-order valence-corrected chi connectivity index (χ3v) is 5.96. The number of fused-ring (bicyclic) bond motifs is 1. The molecule has 1 aliphatic carbocycles. The average Bonchev–Trinajstić information content (AvgIpc) is 3.07. The molecule has 25 heavy (non-hydrogen) atoms. The smallest absolute Gasteiger partial charge is 0.266 e. The number of benzene rings is 1. The van der Waals surface area contributed by atoms with Gasteiger partial charge in [-0.1, -0.05) is 41.3 Å². The standard InChI is InChI=1S/C18H21N3O2S2/c1-3-11-24-18-21-20-17(25-18)19-16(22)12(2)23-15-10-6-8-13-7-4-5-9-14(13)15/h3,6,8,10,12H,1,4-5,7,9,11H2,2H3,(H,19,20,22)/t12-/m0/s1.